The minimum atomic E-state index is -0.385. The van der Waals surface area contributed by atoms with Gasteiger partial charge in [-0.05, 0) is 43.9 Å². The van der Waals surface area contributed by atoms with Gasteiger partial charge in [-0.3, -0.25) is 0 Å². The van der Waals surface area contributed by atoms with Gasteiger partial charge in [0, 0.05) is 5.92 Å². The Kier molecular flexibility index (Phi) is 3.31. The lowest BCUT2D eigenvalue weighted by molar-refractivity contribution is 0.0803. The second-order valence-electron chi connectivity index (χ2n) is 4.93. The lowest BCUT2D eigenvalue weighted by atomic mass is 9.92. The molecule has 0 spiro atoms. The van der Waals surface area contributed by atoms with Gasteiger partial charge in [0.25, 0.3) is 0 Å². The van der Waals surface area contributed by atoms with Crippen molar-refractivity contribution in [2.75, 3.05) is 6.61 Å². The maximum atomic E-state index is 10.3. The van der Waals surface area contributed by atoms with Gasteiger partial charge in [0.2, 0.25) is 0 Å². The minimum Gasteiger partial charge on any atom is -0.388 e. The first-order valence-corrected chi connectivity index (χ1v) is 5.94. The molecule has 0 aromatic heterocycles. The summed E-state index contributed by atoms with van der Waals surface area (Å²) in [5.74, 6) is 0.247. The summed E-state index contributed by atoms with van der Waals surface area (Å²) in [6.07, 6.45) is 0.851. The molecule has 16 heavy (non-hydrogen) atoms. The van der Waals surface area contributed by atoms with Crippen molar-refractivity contribution in [3.8, 4) is 0 Å². The Hall–Kier alpha value is -0.860. The first kappa shape index (κ1) is 11.6. The highest BCUT2D eigenvalue weighted by molar-refractivity contribution is 5.31. The number of hydrogen-bond acceptors (Lipinski definition) is 2. The largest absolute Gasteiger partial charge is 0.388 e. The van der Waals surface area contributed by atoms with Crippen LogP contribution in [0.25, 0.3) is 0 Å². The van der Waals surface area contributed by atoms with Crippen molar-refractivity contribution in [2.45, 2.75) is 39.4 Å². The molecule has 3 atom stereocenters. The Balaban J connectivity index is 2.14. The van der Waals surface area contributed by atoms with Crippen molar-refractivity contribution in [3.05, 3.63) is 34.9 Å². The van der Waals surface area contributed by atoms with E-state index in [0.29, 0.717) is 6.61 Å². The van der Waals surface area contributed by atoms with E-state index in [1.54, 1.807) is 0 Å². The summed E-state index contributed by atoms with van der Waals surface area (Å²) in [5, 5.41) is 10.3. The van der Waals surface area contributed by atoms with E-state index < -0.39 is 0 Å². The van der Waals surface area contributed by atoms with Crippen molar-refractivity contribution < 1.29 is 9.84 Å². The van der Waals surface area contributed by atoms with Gasteiger partial charge in [-0.2, -0.15) is 0 Å². The van der Waals surface area contributed by atoms with Crippen molar-refractivity contribution in [3.63, 3.8) is 0 Å². The van der Waals surface area contributed by atoms with Gasteiger partial charge < -0.3 is 9.84 Å². The number of aliphatic hydroxyl groups excluding tert-OH is 1. The molecule has 1 aliphatic rings. The van der Waals surface area contributed by atoms with Crippen LogP contribution in [-0.4, -0.2) is 17.8 Å². The molecular weight excluding hydrogens is 200 g/mol. The molecular formula is C14H20O2. The van der Waals surface area contributed by atoms with Gasteiger partial charge in [0.15, 0.2) is 0 Å². The topological polar surface area (TPSA) is 29.5 Å². The fraction of sp³-hybridized carbons (Fsp3) is 0.571. The number of aliphatic hydroxyl groups is 1. The summed E-state index contributed by atoms with van der Waals surface area (Å²) in [5.41, 5.74) is 3.53. The molecule has 88 valence electrons. The van der Waals surface area contributed by atoms with Crippen LogP contribution < -0.4 is 0 Å². The van der Waals surface area contributed by atoms with E-state index in [9.17, 15) is 5.11 Å². The van der Waals surface area contributed by atoms with E-state index in [1.807, 2.05) is 6.07 Å². The van der Waals surface area contributed by atoms with Crippen LogP contribution in [0.3, 0.4) is 0 Å². The Morgan fingerprint density at radius 3 is 2.62 bits per heavy atom. The molecule has 2 nitrogen and oxygen atoms in total. The Morgan fingerprint density at radius 2 is 2.06 bits per heavy atom. The van der Waals surface area contributed by atoms with Crippen LogP contribution in [0.5, 0.6) is 0 Å². The van der Waals surface area contributed by atoms with Crippen molar-refractivity contribution in [2.24, 2.45) is 5.92 Å². The lowest BCUT2D eigenvalue weighted by Crippen LogP contribution is -2.13. The maximum Gasteiger partial charge on any atom is 0.0841 e. The van der Waals surface area contributed by atoms with E-state index in [1.165, 1.54) is 11.1 Å². The van der Waals surface area contributed by atoms with Gasteiger partial charge in [0.1, 0.15) is 0 Å². The highest BCUT2D eigenvalue weighted by Crippen LogP contribution is 2.32. The summed E-state index contributed by atoms with van der Waals surface area (Å²) in [7, 11) is 0. The van der Waals surface area contributed by atoms with E-state index in [0.717, 1.165) is 12.0 Å². The van der Waals surface area contributed by atoms with E-state index in [-0.39, 0.29) is 18.1 Å². The molecule has 3 unspecified atom stereocenters. The number of benzene rings is 1. The average Bonchev–Trinajstić information content (AvgIpc) is 2.68. The van der Waals surface area contributed by atoms with Crippen LogP contribution in [0.2, 0.25) is 0 Å². The third-order valence-electron chi connectivity index (χ3n) is 3.55. The minimum absolute atomic E-state index is 0.247. The summed E-state index contributed by atoms with van der Waals surface area (Å²) >= 11 is 0. The van der Waals surface area contributed by atoms with Crippen LogP contribution in [0.4, 0.5) is 0 Å². The second kappa shape index (κ2) is 4.56. The average molecular weight is 220 g/mol. The fourth-order valence-electron chi connectivity index (χ4n) is 2.29. The molecule has 0 saturated carbocycles. The highest BCUT2D eigenvalue weighted by atomic mass is 16.5. The molecule has 2 rings (SSSR count). The summed E-state index contributed by atoms with van der Waals surface area (Å²) in [6.45, 7) is 6.91. The summed E-state index contributed by atoms with van der Waals surface area (Å²) in [4.78, 5) is 0. The molecule has 1 fully saturated rings. The highest BCUT2D eigenvalue weighted by Gasteiger charge is 2.29. The van der Waals surface area contributed by atoms with Crippen LogP contribution in [0.1, 0.15) is 36.1 Å². The molecule has 1 saturated heterocycles. The molecule has 2 heteroatoms. The summed E-state index contributed by atoms with van der Waals surface area (Å²) in [6, 6.07) is 6.19. The molecule has 0 amide bonds. The second-order valence-corrected chi connectivity index (χ2v) is 4.93. The van der Waals surface area contributed by atoms with Crippen molar-refractivity contribution >= 4 is 0 Å². The molecule has 0 bridgehead atoms. The van der Waals surface area contributed by atoms with Crippen LogP contribution >= 0.6 is 0 Å². The zero-order valence-corrected chi connectivity index (χ0v) is 10.2. The van der Waals surface area contributed by atoms with Crippen molar-refractivity contribution in [1.82, 2.24) is 0 Å². The molecule has 1 N–H and O–H groups in total. The number of ether oxygens (including phenoxy) is 1. The van der Waals surface area contributed by atoms with Crippen LogP contribution in [0.15, 0.2) is 18.2 Å². The van der Waals surface area contributed by atoms with Gasteiger partial charge in [-0.25, -0.2) is 0 Å². The molecule has 0 aliphatic carbocycles. The third-order valence-corrected chi connectivity index (χ3v) is 3.55. The van der Waals surface area contributed by atoms with Crippen LogP contribution in [-0.2, 0) is 4.74 Å². The monoisotopic (exact) mass is 220 g/mol. The first-order chi connectivity index (χ1) is 7.58. The van der Waals surface area contributed by atoms with Gasteiger partial charge in [-0.15, -0.1) is 0 Å². The SMILES string of the molecule is Cc1ccc(C(O)C2COC(C)C2)cc1C. The summed E-state index contributed by atoms with van der Waals surface area (Å²) < 4.78 is 5.50. The third kappa shape index (κ3) is 2.28. The number of aryl methyl sites for hydroxylation is 2. The quantitative estimate of drug-likeness (QED) is 0.830. The van der Waals surface area contributed by atoms with Gasteiger partial charge >= 0.3 is 0 Å². The Labute approximate surface area is 97.3 Å². The van der Waals surface area contributed by atoms with Crippen LogP contribution in [0, 0.1) is 19.8 Å². The molecule has 1 heterocycles. The number of rotatable bonds is 2. The normalized spacial score (nSPS) is 27.0. The predicted molar refractivity (Wildman–Crippen MR) is 64.4 cm³/mol. The molecule has 1 aromatic carbocycles. The van der Waals surface area contributed by atoms with E-state index in [4.69, 9.17) is 4.74 Å². The molecule has 1 aliphatic heterocycles. The Bertz CT molecular complexity index is 373. The predicted octanol–water partition coefficient (Wildman–Crippen LogP) is 2.76. The smallest absolute Gasteiger partial charge is 0.0841 e. The van der Waals surface area contributed by atoms with E-state index >= 15 is 0 Å². The number of hydrogen-bond donors (Lipinski definition) is 1. The van der Waals surface area contributed by atoms with Gasteiger partial charge in [0.05, 0.1) is 18.8 Å². The lowest BCUT2D eigenvalue weighted by Gasteiger charge is -2.18. The standard InChI is InChI=1S/C14H20O2/c1-9-4-5-12(6-10(9)2)14(15)13-7-11(3)16-8-13/h4-6,11,13-15H,7-8H2,1-3H3. The zero-order chi connectivity index (χ0) is 11.7. The molecule has 0 radical (unpaired) electrons. The first-order valence-electron chi connectivity index (χ1n) is 5.94. The fourth-order valence-corrected chi connectivity index (χ4v) is 2.29. The Morgan fingerprint density at radius 1 is 1.31 bits per heavy atom. The maximum absolute atomic E-state index is 10.3. The van der Waals surface area contributed by atoms with Gasteiger partial charge in [-0.1, -0.05) is 18.2 Å². The molecule has 1 aromatic rings. The zero-order valence-electron chi connectivity index (χ0n) is 10.2. The van der Waals surface area contributed by atoms with E-state index in [2.05, 4.69) is 32.9 Å². The van der Waals surface area contributed by atoms with Crippen molar-refractivity contribution in [1.29, 1.82) is 0 Å².